The number of nitro benzene ring substituents is 1. The lowest BCUT2D eigenvalue weighted by Gasteiger charge is -2.10. The van der Waals surface area contributed by atoms with E-state index in [4.69, 9.17) is 4.74 Å². The van der Waals surface area contributed by atoms with Crippen molar-refractivity contribution in [3.63, 3.8) is 0 Å². The van der Waals surface area contributed by atoms with Crippen LogP contribution in [-0.2, 0) is 0 Å². The minimum atomic E-state index is -0.764. The molecule has 1 unspecified atom stereocenters. The molecule has 0 heterocycles. The third-order valence-corrected chi connectivity index (χ3v) is 3.37. The summed E-state index contributed by atoms with van der Waals surface area (Å²) < 4.78 is 5.62. The molecule has 0 radical (unpaired) electrons. The minimum absolute atomic E-state index is 0.160. The molecule has 0 bridgehead atoms. The molecule has 0 aromatic heterocycles. The first-order chi connectivity index (χ1) is 9.88. The summed E-state index contributed by atoms with van der Waals surface area (Å²) in [5.41, 5.74) is 2.50. The summed E-state index contributed by atoms with van der Waals surface area (Å²) >= 11 is 0. The number of hydrogen-bond acceptors (Lipinski definition) is 4. The van der Waals surface area contributed by atoms with Gasteiger partial charge in [-0.15, -0.1) is 0 Å². The highest BCUT2D eigenvalue weighted by Crippen LogP contribution is 2.34. The summed E-state index contributed by atoms with van der Waals surface area (Å²) in [5, 5.41) is 20.7. The lowest BCUT2D eigenvalue weighted by atomic mass is 10.1. The van der Waals surface area contributed by atoms with E-state index in [9.17, 15) is 15.2 Å². The average molecular weight is 287 g/mol. The second-order valence-corrected chi connectivity index (χ2v) is 5.01. The van der Waals surface area contributed by atoms with Crippen LogP contribution in [0.4, 0.5) is 5.69 Å². The van der Waals surface area contributed by atoms with Crippen LogP contribution in [0.15, 0.2) is 36.4 Å². The Kier molecular flexibility index (Phi) is 4.23. The maximum atomic E-state index is 11.2. The van der Waals surface area contributed by atoms with Crippen molar-refractivity contribution < 1.29 is 14.8 Å². The predicted molar refractivity (Wildman–Crippen MR) is 79.7 cm³/mol. The number of benzene rings is 2. The molecule has 0 saturated heterocycles. The van der Waals surface area contributed by atoms with E-state index in [0.29, 0.717) is 11.3 Å². The van der Waals surface area contributed by atoms with Crippen molar-refractivity contribution in [2.75, 3.05) is 0 Å². The molecule has 110 valence electrons. The molecule has 2 aromatic rings. The van der Waals surface area contributed by atoms with E-state index in [1.165, 1.54) is 12.1 Å². The Labute approximate surface area is 123 Å². The van der Waals surface area contributed by atoms with Crippen molar-refractivity contribution in [1.82, 2.24) is 0 Å². The highest BCUT2D eigenvalue weighted by atomic mass is 16.6. The Morgan fingerprint density at radius 1 is 1.14 bits per heavy atom. The van der Waals surface area contributed by atoms with Gasteiger partial charge in [0.25, 0.3) is 0 Å². The first-order valence-electron chi connectivity index (χ1n) is 6.60. The van der Waals surface area contributed by atoms with Gasteiger partial charge in [-0.1, -0.05) is 12.1 Å². The van der Waals surface area contributed by atoms with Crippen molar-refractivity contribution in [3.05, 3.63) is 63.2 Å². The lowest BCUT2D eigenvalue weighted by Crippen LogP contribution is -1.97. The van der Waals surface area contributed by atoms with Gasteiger partial charge in [-0.25, -0.2) is 0 Å². The Morgan fingerprint density at radius 3 is 2.43 bits per heavy atom. The summed E-state index contributed by atoms with van der Waals surface area (Å²) in [4.78, 5) is 10.6. The molecule has 0 aliphatic rings. The number of nitro groups is 1. The van der Waals surface area contributed by atoms with Crippen LogP contribution in [0, 0.1) is 24.0 Å². The molecule has 21 heavy (non-hydrogen) atoms. The first-order valence-corrected chi connectivity index (χ1v) is 6.60. The molecule has 1 atom stereocenters. The molecule has 0 saturated carbocycles. The maximum absolute atomic E-state index is 11.2. The van der Waals surface area contributed by atoms with Crippen molar-refractivity contribution in [1.29, 1.82) is 0 Å². The zero-order chi connectivity index (χ0) is 15.6. The molecule has 2 aromatic carbocycles. The highest BCUT2D eigenvalue weighted by molar-refractivity contribution is 5.51. The van der Waals surface area contributed by atoms with Crippen molar-refractivity contribution in [2.24, 2.45) is 0 Å². The number of aliphatic hydroxyl groups excluding tert-OH is 1. The summed E-state index contributed by atoms with van der Waals surface area (Å²) in [7, 11) is 0. The van der Waals surface area contributed by atoms with E-state index in [-0.39, 0.29) is 11.4 Å². The summed E-state index contributed by atoms with van der Waals surface area (Å²) in [6, 6.07) is 9.97. The molecule has 0 spiro atoms. The van der Waals surface area contributed by atoms with Crippen molar-refractivity contribution in [3.8, 4) is 11.5 Å². The zero-order valence-electron chi connectivity index (χ0n) is 12.2. The monoisotopic (exact) mass is 287 g/mol. The number of hydrogen-bond donors (Lipinski definition) is 1. The van der Waals surface area contributed by atoms with Crippen LogP contribution in [0.3, 0.4) is 0 Å². The van der Waals surface area contributed by atoms with Gasteiger partial charge in [0.2, 0.25) is 5.75 Å². The molecule has 0 aliphatic carbocycles. The first kappa shape index (κ1) is 15.0. The molecule has 0 aliphatic heterocycles. The second kappa shape index (κ2) is 5.93. The number of aryl methyl sites for hydroxylation is 2. The third kappa shape index (κ3) is 3.38. The quantitative estimate of drug-likeness (QED) is 0.680. The van der Waals surface area contributed by atoms with E-state index < -0.39 is 11.0 Å². The molecule has 5 nitrogen and oxygen atoms in total. The van der Waals surface area contributed by atoms with Gasteiger partial charge in [0, 0.05) is 6.07 Å². The Hall–Kier alpha value is -2.40. The van der Waals surface area contributed by atoms with Gasteiger partial charge in [-0.3, -0.25) is 10.1 Å². The Balaban J connectivity index is 2.39. The second-order valence-electron chi connectivity index (χ2n) is 5.01. The van der Waals surface area contributed by atoms with Gasteiger partial charge < -0.3 is 9.84 Å². The zero-order valence-corrected chi connectivity index (χ0v) is 12.2. The Morgan fingerprint density at radius 2 is 1.86 bits per heavy atom. The van der Waals surface area contributed by atoms with Crippen LogP contribution in [-0.4, -0.2) is 10.0 Å². The van der Waals surface area contributed by atoms with Crippen LogP contribution < -0.4 is 4.74 Å². The number of aliphatic hydroxyl groups is 1. The van der Waals surface area contributed by atoms with Gasteiger partial charge in [0.15, 0.2) is 0 Å². The molecule has 0 fully saturated rings. The lowest BCUT2D eigenvalue weighted by molar-refractivity contribution is -0.385. The van der Waals surface area contributed by atoms with Crippen LogP contribution in [0.1, 0.15) is 29.7 Å². The number of rotatable bonds is 4. The predicted octanol–water partition coefficient (Wildman–Crippen LogP) is 4.06. The molecule has 0 amide bonds. The maximum Gasteiger partial charge on any atom is 0.311 e. The molecular formula is C16H17NO4. The van der Waals surface area contributed by atoms with E-state index in [2.05, 4.69) is 0 Å². The van der Waals surface area contributed by atoms with Gasteiger partial charge >= 0.3 is 5.69 Å². The molecule has 2 rings (SSSR count). The van der Waals surface area contributed by atoms with Crippen LogP contribution in [0.2, 0.25) is 0 Å². The van der Waals surface area contributed by atoms with E-state index in [1.54, 1.807) is 19.1 Å². The standard InChI is InChI=1S/C16H17NO4/c1-10-4-6-14(8-11(10)2)21-16-7-5-13(12(3)18)9-15(16)17(19)20/h4-9,12,18H,1-3H3. The fraction of sp³-hybridized carbons (Fsp3) is 0.250. The topological polar surface area (TPSA) is 72.6 Å². The van der Waals surface area contributed by atoms with Gasteiger partial charge in [0.05, 0.1) is 11.0 Å². The molecule has 5 heteroatoms. The average Bonchev–Trinajstić information content (AvgIpc) is 2.43. The molecule has 1 N–H and O–H groups in total. The van der Waals surface area contributed by atoms with Crippen LogP contribution in [0.25, 0.3) is 0 Å². The van der Waals surface area contributed by atoms with E-state index >= 15 is 0 Å². The number of nitrogens with zero attached hydrogens (tertiary/aromatic N) is 1. The molecular weight excluding hydrogens is 270 g/mol. The largest absolute Gasteiger partial charge is 0.450 e. The van der Waals surface area contributed by atoms with Crippen molar-refractivity contribution in [2.45, 2.75) is 26.9 Å². The summed E-state index contributed by atoms with van der Waals surface area (Å²) in [5.74, 6) is 0.707. The fourth-order valence-corrected chi connectivity index (χ4v) is 1.93. The van der Waals surface area contributed by atoms with Crippen LogP contribution >= 0.6 is 0 Å². The van der Waals surface area contributed by atoms with Crippen molar-refractivity contribution >= 4 is 5.69 Å². The summed E-state index contributed by atoms with van der Waals surface area (Å²) in [6.45, 7) is 5.50. The van der Waals surface area contributed by atoms with E-state index in [0.717, 1.165) is 11.1 Å². The van der Waals surface area contributed by atoms with Gasteiger partial charge in [-0.2, -0.15) is 0 Å². The van der Waals surface area contributed by atoms with E-state index in [1.807, 2.05) is 26.0 Å². The fourth-order valence-electron chi connectivity index (χ4n) is 1.93. The highest BCUT2D eigenvalue weighted by Gasteiger charge is 2.18. The minimum Gasteiger partial charge on any atom is -0.450 e. The Bertz CT molecular complexity index is 680. The third-order valence-electron chi connectivity index (χ3n) is 3.37. The smallest absolute Gasteiger partial charge is 0.311 e. The van der Waals surface area contributed by atoms with Gasteiger partial charge in [-0.05, 0) is 55.7 Å². The SMILES string of the molecule is Cc1ccc(Oc2ccc(C(C)O)cc2[N+](=O)[O-])cc1C. The van der Waals surface area contributed by atoms with Gasteiger partial charge in [0.1, 0.15) is 5.75 Å². The number of ether oxygens (including phenoxy) is 1. The normalized spacial score (nSPS) is 12.0. The van der Waals surface area contributed by atoms with Crippen LogP contribution in [0.5, 0.6) is 11.5 Å². The summed E-state index contributed by atoms with van der Waals surface area (Å²) in [6.07, 6.45) is -0.764.